The number of amides is 1. The lowest BCUT2D eigenvalue weighted by molar-refractivity contribution is -0.156. The van der Waals surface area contributed by atoms with E-state index < -0.39 is 35.4 Å². The molecule has 0 aliphatic heterocycles. The van der Waals surface area contributed by atoms with Crippen molar-refractivity contribution in [3.63, 3.8) is 0 Å². The first-order valence-electron chi connectivity index (χ1n) is 8.14. The van der Waals surface area contributed by atoms with Crippen LogP contribution in [0.5, 0.6) is 0 Å². The Bertz CT molecular complexity index is 452. The summed E-state index contributed by atoms with van der Waals surface area (Å²) in [5.41, 5.74) is -0.681. The van der Waals surface area contributed by atoms with Crippen LogP contribution in [0.1, 0.15) is 54.4 Å². The Balaban J connectivity index is 4.87. The van der Waals surface area contributed by atoms with Gasteiger partial charge in [-0.3, -0.25) is 14.4 Å². The van der Waals surface area contributed by atoms with Crippen LogP contribution in [0.3, 0.4) is 0 Å². The van der Waals surface area contributed by atoms with Gasteiger partial charge in [0.25, 0.3) is 0 Å². The maximum atomic E-state index is 12.3. The van der Waals surface area contributed by atoms with Crippen molar-refractivity contribution in [1.82, 2.24) is 5.32 Å². The van der Waals surface area contributed by atoms with Crippen LogP contribution in [0.2, 0.25) is 0 Å². The Kier molecular flexibility index (Phi) is 9.25. The summed E-state index contributed by atoms with van der Waals surface area (Å²) < 4.78 is 10.0. The highest BCUT2D eigenvalue weighted by Crippen LogP contribution is 2.15. The molecule has 7 nitrogen and oxygen atoms in total. The smallest absolute Gasteiger partial charge is 0.318 e. The second-order valence-corrected chi connectivity index (χ2v) is 6.98. The van der Waals surface area contributed by atoms with E-state index in [-0.39, 0.29) is 18.9 Å². The Morgan fingerprint density at radius 1 is 1.17 bits per heavy atom. The molecule has 0 fully saturated rings. The third kappa shape index (κ3) is 9.27. The van der Waals surface area contributed by atoms with Crippen LogP contribution in [0.4, 0.5) is 0 Å². The predicted molar refractivity (Wildman–Crippen MR) is 88.0 cm³/mol. The van der Waals surface area contributed by atoms with Crippen LogP contribution in [-0.2, 0) is 28.7 Å². The molecule has 0 aromatic carbocycles. The molecule has 0 saturated heterocycles. The molecule has 2 atom stereocenters. The van der Waals surface area contributed by atoms with E-state index in [2.05, 4.69) is 5.32 Å². The fourth-order valence-corrected chi connectivity index (χ4v) is 2.00. The average Bonchev–Trinajstić information content (AvgIpc) is 2.41. The lowest BCUT2D eigenvalue weighted by Crippen LogP contribution is -2.44. The highest BCUT2D eigenvalue weighted by atomic mass is 16.6. The van der Waals surface area contributed by atoms with Gasteiger partial charge in [-0.1, -0.05) is 13.8 Å². The van der Waals surface area contributed by atoms with Gasteiger partial charge in [-0.15, -0.1) is 0 Å². The molecule has 2 unspecified atom stereocenters. The van der Waals surface area contributed by atoms with Crippen LogP contribution < -0.4 is 5.32 Å². The van der Waals surface area contributed by atoms with Gasteiger partial charge in [0.15, 0.2) is 0 Å². The lowest BCUT2D eigenvalue weighted by atomic mass is 9.96. The van der Waals surface area contributed by atoms with E-state index in [1.165, 1.54) is 0 Å². The third-order valence-electron chi connectivity index (χ3n) is 2.89. The van der Waals surface area contributed by atoms with Crippen LogP contribution in [0.15, 0.2) is 0 Å². The summed E-state index contributed by atoms with van der Waals surface area (Å²) >= 11 is 0. The molecule has 0 aromatic heterocycles. The molecule has 138 valence electrons. The van der Waals surface area contributed by atoms with E-state index in [4.69, 9.17) is 9.47 Å². The molecule has 0 radical (unpaired) electrons. The summed E-state index contributed by atoms with van der Waals surface area (Å²) in [6.45, 7) is 10.7. The molecule has 7 heteroatoms. The number of ether oxygens (including phenoxy) is 2. The van der Waals surface area contributed by atoms with Crippen LogP contribution in [0, 0.1) is 11.8 Å². The van der Waals surface area contributed by atoms with E-state index in [0.717, 1.165) is 0 Å². The van der Waals surface area contributed by atoms with Crippen molar-refractivity contribution < 1.29 is 28.7 Å². The molecule has 0 saturated carbocycles. The van der Waals surface area contributed by atoms with Gasteiger partial charge in [0.1, 0.15) is 17.8 Å². The normalized spacial score (nSPS) is 13.8. The fourth-order valence-electron chi connectivity index (χ4n) is 2.00. The van der Waals surface area contributed by atoms with Crippen molar-refractivity contribution in [2.24, 2.45) is 11.8 Å². The van der Waals surface area contributed by atoms with Crippen molar-refractivity contribution in [2.45, 2.75) is 66.0 Å². The van der Waals surface area contributed by atoms with Crippen molar-refractivity contribution in [1.29, 1.82) is 0 Å². The second kappa shape index (κ2) is 10.1. The molecular formula is C17H29NO6. The Morgan fingerprint density at radius 3 is 2.17 bits per heavy atom. The number of carbonyl (C=O) groups excluding carboxylic acids is 4. The predicted octanol–water partition coefficient (Wildman–Crippen LogP) is 1.63. The summed E-state index contributed by atoms with van der Waals surface area (Å²) in [6.07, 6.45) is 0.464. The van der Waals surface area contributed by atoms with Gasteiger partial charge >= 0.3 is 11.9 Å². The number of hydrogen-bond donors (Lipinski definition) is 1. The number of hydrogen-bond acceptors (Lipinski definition) is 6. The molecule has 0 aliphatic rings. The van der Waals surface area contributed by atoms with E-state index in [0.29, 0.717) is 12.7 Å². The summed E-state index contributed by atoms with van der Waals surface area (Å²) in [5, 5.41) is 2.42. The zero-order valence-electron chi connectivity index (χ0n) is 15.4. The molecule has 0 heterocycles. The van der Waals surface area contributed by atoms with Gasteiger partial charge in [0, 0.05) is 0 Å². The van der Waals surface area contributed by atoms with Crippen molar-refractivity contribution in [2.75, 3.05) is 6.61 Å². The lowest BCUT2D eigenvalue weighted by Gasteiger charge is -2.22. The summed E-state index contributed by atoms with van der Waals surface area (Å²) in [4.78, 5) is 47.2. The van der Waals surface area contributed by atoms with Gasteiger partial charge in [-0.05, 0) is 40.0 Å². The molecule has 1 N–H and O–H groups in total. The minimum Gasteiger partial charge on any atom is -0.465 e. The van der Waals surface area contributed by atoms with Gasteiger partial charge < -0.3 is 19.6 Å². The van der Waals surface area contributed by atoms with E-state index >= 15 is 0 Å². The summed E-state index contributed by atoms with van der Waals surface area (Å²) in [6, 6.07) is -1.04. The topological polar surface area (TPSA) is 98.8 Å². The highest BCUT2D eigenvalue weighted by molar-refractivity contribution is 5.99. The number of rotatable bonds is 9. The fraction of sp³-hybridized carbons (Fsp3) is 0.765. The highest BCUT2D eigenvalue weighted by Gasteiger charge is 2.31. The number of esters is 2. The van der Waals surface area contributed by atoms with Gasteiger partial charge in [-0.25, -0.2) is 0 Å². The molecule has 0 rings (SSSR count). The first kappa shape index (κ1) is 22.1. The Hall–Kier alpha value is -1.92. The molecule has 0 aromatic rings. The van der Waals surface area contributed by atoms with E-state index in [9.17, 15) is 19.2 Å². The largest absolute Gasteiger partial charge is 0.465 e. The summed E-state index contributed by atoms with van der Waals surface area (Å²) in [5.74, 6) is -2.78. The molecule has 0 spiro atoms. The second-order valence-electron chi connectivity index (χ2n) is 6.98. The molecular weight excluding hydrogens is 314 g/mol. The SMILES string of the molecule is CCOC(=O)C(CC(C)C)C(=O)NC(C=O)CC(=O)OC(C)(C)C. The minimum atomic E-state index is -1.04. The minimum absolute atomic E-state index is 0.0886. The quantitative estimate of drug-likeness (QED) is 0.388. The molecule has 1 amide bonds. The van der Waals surface area contributed by atoms with Crippen molar-refractivity contribution in [3.05, 3.63) is 0 Å². The molecule has 24 heavy (non-hydrogen) atoms. The maximum absolute atomic E-state index is 12.3. The number of nitrogens with one attached hydrogen (secondary N) is 1. The van der Waals surface area contributed by atoms with Crippen LogP contribution in [0.25, 0.3) is 0 Å². The van der Waals surface area contributed by atoms with Crippen LogP contribution >= 0.6 is 0 Å². The molecule has 0 bridgehead atoms. The van der Waals surface area contributed by atoms with E-state index in [1.54, 1.807) is 27.7 Å². The van der Waals surface area contributed by atoms with Crippen molar-refractivity contribution >= 4 is 24.1 Å². The zero-order valence-corrected chi connectivity index (χ0v) is 15.4. The average molecular weight is 343 g/mol. The standard InChI is InChI=1S/C17H29NO6/c1-7-23-16(22)13(8-11(2)3)15(21)18-12(10-19)9-14(20)24-17(4,5)6/h10-13H,7-9H2,1-6H3,(H,18,21). The van der Waals surface area contributed by atoms with Gasteiger partial charge in [0.05, 0.1) is 19.1 Å². The first-order chi connectivity index (χ1) is 11.0. The Labute approximate surface area is 143 Å². The van der Waals surface area contributed by atoms with Gasteiger partial charge in [0.2, 0.25) is 5.91 Å². The Morgan fingerprint density at radius 2 is 1.75 bits per heavy atom. The zero-order chi connectivity index (χ0) is 18.9. The number of aldehydes is 1. The molecule has 0 aliphatic carbocycles. The van der Waals surface area contributed by atoms with Gasteiger partial charge in [-0.2, -0.15) is 0 Å². The third-order valence-corrected chi connectivity index (χ3v) is 2.89. The first-order valence-corrected chi connectivity index (χ1v) is 8.14. The van der Waals surface area contributed by atoms with Crippen molar-refractivity contribution in [3.8, 4) is 0 Å². The summed E-state index contributed by atoms with van der Waals surface area (Å²) in [7, 11) is 0. The maximum Gasteiger partial charge on any atom is 0.318 e. The van der Waals surface area contributed by atoms with Crippen LogP contribution in [-0.4, -0.2) is 42.4 Å². The monoisotopic (exact) mass is 343 g/mol. The number of carbonyl (C=O) groups is 4. The van der Waals surface area contributed by atoms with E-state index in [1.807, 2.05) is 13.8 Å².